The number of nitrogens with one attached hydrogen (secondary N) is 1. The van der Waals surface area contributed by atoms with Crippen molar-refractivity contribution in [2.24, 2.45) is 0 Å². The first kappa shape index (κ1) is 14.2. The van der Waals surface area contributed by atoms with Gasteiger partial charge in [-0.25, -0.2) is 0 Å². The van der Waals surface area contributed by atoms with Gasteiger partial charge in [-0.3, -0.25) is 10.1 Å². The van der Waals surface area contributed by atoms with E-state index in [1.165, 1.54) is 25.0 Å². The first-order chi connectivity index (χ1) is 9.10. The summed E-state index contributed by atoms with van der Waals surface area (Å²) in [6, 6.07) is 5.54. The van der Waals surface area contributed by atoms with E-state index in [4.69, 9.17) is 0 Å². The highest BCUT2D eigenvalue weighted by Gasteiger charge is 2.24. The average molecular weight is 280 g/mol. The van der Waals surface area contributed by atoms with Gasteiger partial charge in [-0.15, -0.1) is 0 Å². The molecular weight excluding hydrogens is 260 g/mol. The van der Waals surface area contributed by atoms with E-state index in [1.807, 2.05) is 24.8 Å². The van der Waals surface area contributed by atoms with Gasteiger partial charge in [0.25, 0.3) is 5.69 Å². The fourth-order valence-corrected chi connectivity index (χ4v) is 3.74. The summed E-state index contributed by atoms with van der Waals surface area (Å²) in [7, 11) is 0. The molecule has 0 heterocycles. The second kappa shape index (κ2) is 6.28. The van der Waals surface area contributed by atoms with Crippen LogP contribution < -0.4 is 5.32 Å². The van der Waals surface area contributed by atoms with E-state index in [0.29, 0.717) is 6.04 Å². The summed E-state index contributed by atoms with van der Waals surface area (Å²) in [5.74, 6) is 1.17. The number of thioether (sulfide) groups is 1. The van der Waals surface area contributed by atoms with Crippen molar-refractivity contribution in [1.29, 1.82) is 0 Å². The highest BCUT2D eigenvalue weighted by Crippen LogP contribution is 2.32. The van der Waals surface area contributed by atoms with Gasteiger partial charge in [0.15, 0.2) is 0 Å². The van der Waals surface area contributed by atoms with Gasteiger partial charge in [0.2, 0.25) is 0 Å². The average Bonchev–Trinajstić information content (AvgIpc) is 2.79. The molecule has 1 aliphatic rings. The lowest BCUT2D eigenvalue weighted by Gasteiger charge is -2.16. The molecule has 0 aromatic heterocycles. The molecule has 0 radical (unpaired) electrons. The van der Waals surface area contributed by atoms with Crippen LogP contribution >= 0.6 is 11.8 Å². The molecule has 1 saturated carbocycles. The number of nitro benzene ring substituents is 1. The standard InChI is InChI=1S/C14H20N2O2S/c1-3-19-13-6-4-11(9-13)15-14-7-5-12(16(17)18)8-10(14)2/h5,7-8,11,13,15H,3-4,6,9H2,1-2H3. The Balaban J connectivity index is 1.98. The van der Waals surface area contributed by atoms with E-state index in [0.717, 1.165) is 16.5 Å². The number of rotatable bonds is 5. The number of non-ortho nitro benzene ring substituents is 1. The van der Waals surface area contributed by atoms with Crippen LogP contribution in [-0.2, 0) is 0 Å². The van der Waals surface area contributed by atoms with Crippen LogP contribution in [0.4, 0.5) is 11.4 Å². The molecule has 0 saturated heterocycles. The van der Waals surface area contributed by atoms with Crippen molar-refractivity contribution in [2.75, 3.05) is 11.1 Å². The van der Waals surface area contributed by atoms with Crippen molar-refractivity contribution >= 4 is 23.1 Å². The molecule has 1 N–H and O–H groups in total. The van der Waals surface area contributed by atoms with E-state index in [1.54, 1.807) is 12.1 Å². The summed E-state index contributed by atoms with van der Waals surface area (Å²) >= 11 is 2.03. The zero-order valence-corrected chi connectivity index (χ0v) is 12.2. The molecule has 1 fully saturated rings. The molecule has 104 valence electrons. The first-order valence-electron chi connectivity index (χ1n) is 6.73. The zero-order valence-electron chi connectivity index (χ0n) is 11.4. The van der Waals surface area contributed by atoms with E-state index in [-0.39, 0.29) is 10.6 Å². The summed E-state index contributed by atoms with van der Waals surface area (Å²) in [6.45, 7) is 4.12. The maximum absolute atomic E-state index is 10.7. The number of nitro groups is 1. The Morgan fingerprint density at radius 2 is 2.26 bits per heavy atom. The maximum atomic E-state index is 10.7. The Bertz CT molecular complexity index is 465. The molecule has 2 rings (SSSR count). The van der Waals surface area contributed by atoms with E-state index >= 15 is 0 Å². The van der Waals surface area contributed by atoms with Gasteiger partial charge in [-0.1, -0.05) is 6.92 Å². The van der Waals surface area contributed by atoms with Crippen molar-refractivity contribution < 1.29 is 4.92 Å². The molecule has 19 heavy (non-hydrogen) atoms. The minimum absolute atomic E-state index is 0.161. The Kier molecular flexibility index (Phi) is 4.69. The first-order valence-corrected chi connectivity index (χ1v) is 7.78. The maximum Gasteiger partial charge on any atom is 0.269 e. The zero-order chi connectivity index (χ0) is 13.8. The summed E-state index contributed by atoms with van der Waals surface area (Å²) in [4.78, 5) is 10.4. The third-order valence-electron chi connectivity index (χ3n) is 3.57. The molecular formula is C14H20N2O2S. The number of benzene rings is 1. The smallest absolute Gasteiger partial charge is 0.269 e. The van der Waals surface area contributed by atoms with Crippen LogP contribution in [0.1, 0.15) is 31.7 Å². The quantitative estimate of drug-likeness (QED) is 0.654. The molecule has 1 aromatic carbocycles. The van der Waals surface area contributed by atoms with Crippen LogP contribution in [0.3, 0.4) is 0 Å². The highest BCUT2D eigenvalue weighted by molar-refractivity contribution is 7.99. The van der Waals surface area contributed by atoms with Crippen molar-refractivity contribution in [3.05, 3.63) is 33.9 Å². The topological polar surface area (TPSA) is 55.2 Å². The number of hydrogen-bond donors (Lipinski definition) is 1. The third kappa shape index (κ3) is 3.62. The Morgan fingerprint density at radius 3 is 2.89 bits per heavy atom. The predicted molar refractivity (Wildman–Crippen MR) is 81.0 cm³/mol. The minimum Gasteiger partial charge on any atom is -0.382 e. The van der Waals surface area contributed by atoms with Crippen molar-refractivity contribution in [1.82, 2.24) is 0 Å². The number of hydrogen-bond acceptors (Lipinski definition) is 4. The second-order valence-electron chi connectivity index (χ2n) is 4.99. The van der Waals surface area contributed by atoms with Gasteiger partial charge in [0.1, 0.15) is 0 Å². The molecule has 1 aromatic rings. The second-order valence-corrected chi connectivity index (χ2v) is 6.57. The number of aryl methyl sites for hydroxylation is 1. The SMILES string of the molecule is CCSC1CCC(Nc2ccc([N+](=O)[O-])cc2C)C1. The highest BCUT2D eigenvalue weighted by atomic mass is 32.2. The van der Waals surface area contributed by atoms with Gasteiger partial charge >= 0.3 is 0 Å². The van der Waals surface area contributed by atoms with E-state index in [2.05, 4.69) is 12.2 Å². The molecule has 0 aliphatic heterocycles. The van der Waals surface area contributed by atoms with Crippen LogP contribution in [0.2, 0.25) is 0 Å². The Hall–Kier alpha value is -1.23. The normalized spacial score (nSPS) is 22.4. The summed E-state index contributed by atoms with van der Waals surface area (Å²) in [5.41, 5.74) is 2.13. The molecule has 2 unspecified atom stereocenters. The van der Waals surface area contributed by atoms with Crippen molar-refractivity contribution in [3.63, 3.8) is 0 Å². The largest absolute Gasteiger partial charge is 0.382 e. The monoisotopic (exact) mass is 280 g/mol. The fourth-order valence-electron chi connectivity index (χ4n) is 2.60. The summed E-state index contributed by atoms with van der Waals surface area (Å²) in [6.07, 6.45) is 3.64. The van der Waals surface area contributed by atoms with Crippen LogP contribution in [-0.4, -0.2) is 22.0 Å². The van der Waals surface area contributed by atoms with Crippen LogP contribution in [0, 0.1) is 17.0 Å². The summed E-state index contributed by atoms with van der Waals surface area (Å²) < 4.78 is 0. The molecule has 0 spiro atoms. The molecule has 0 bridgehead atoms. The number of nitrogens with zero attached hydrogens (tertiary/aromatic N) is 1. The molecule has 4 nitrogen and oxygen atoms in total. The van der Waals surface area contributed by atoms with Gasteiger partial charge < -0.3 is 5.32 Å². The van der Waals surface area contributed by atoms with E-state index < -0.39 is 0 Å². The Labute approximate surface area is 118 Å². The number of anilines is 1. The van der Waals surface area contributed by atoms with Crippen LogP contribution in [0.25, 0.3) is 0 Å². The summed E-state index contributed by atoms with van der Waals surface area (Å²) in [5, 5.41) is 15.0. The van der Waals surface area contributed by atoms with Gasteiger partial charge in [-0.2, -0.15) is 11.8 Å². The van der Waals surface area contributed by atoms with E-state index in [9.17, 15) is 10.1 Å². The Morgan fingerprint density at radius 1 is 1.47 bits per heavy atom. The predicted octanol–water partition coefficient (Wildman–Crippen LogP) is 3.99. The fraction of sp³-hybridized carbons (Fsp3) is 0.571. The van der Waals surface area contributed by atoms with Crippen LogP contribution in [0.15, 0.2) is 18.2 Å². The molecule has 2 atom stereocenters. The van der Waals surface area contributed by atoms with Crippen molar-refractivity contribution in [2.45, 2.75) is 44.4 Å². The van der Waals surface area contributed by atoms with Crippen LogP contribution in [0.5, 0.6) is 0 Å². The minimum atomic E-state index is -0.347. The van der Waals surface area contributed by atoms with Gasteiger partial charge in [0.05, 0.1) is 4.92 Å². The molecule has 5 heteroatoms. The van der Waals surface area contributed by atoms with Gasteiger partial charge in [-0.05, 0) is 43.6 Å². The van der Waals surface area contributed by atoms with Gasteiger partial charge in [0, 0.05) is 29.1 Å². The molecule has 1 aliphatic carbocycles. The third-order valence-corrected chi connectivity index (χ3v) is 4.80. The lowest BCUT2D eigenvalue weighted by molar-refractivity contribution is -0.384. The lowest BCUT2D eigenvalue weighted by Crippen LogP contribution is -2.16. The lowest BCUT2D eigenvalue weighted by atomic mass is 10.1. The molecule has 0 amide bonds. The van der Waals surface area contributed by atoms with Crippen molar-refractivity contribution in [3.8, 4) is 0 Å².